The number of nitrogens with zero attached hydrogens (tertiary/aromatic N) is 3. The van der Waals surface area contributed by atoms with E-state index in [1.54, 1.807) is 6.20 Å². The fourth-order valence-corrected chi connectivity index (χ4v) is 2.56. The summed E-state index contributed by atoms with van der Waals surface area (Å²) in [5.74, 6) is 0.900. The Labute approximate surface area is 112 Å². The summed E-state index contributed by atoms with van der Waals surface area (Å²) >= 11 is 0. The molecule has 0 aromatic carbocycles. The summed E-state index contributed by atoms with van der Waals surface area (Å²) in [6.07, 6.45) is 4.94. The minimum atomic E-state index is -0.714. The highest BCUT2D eigenvalue weighted by molar-refractivity contribution is 5.88. The lowest BCUT2D eigenvalue weighted by molar-refractivity contribution is 0.0249. The molecule has 0 spiro atoms. The second kappa shape index (κ2) is 4.75. The van der Waals surface area contributed by atoms with Gasteiger partial charge in [-0.15, -0.1) is 0 Å². The Morgan fingerprint density at radius 3 is 2.74 bits per heavy atom. The standard InChI is InChI=1S/C14H18N4O/c15-10-14(19)4-8-18(9-5-14)13-12-11(3-7-17-13)2-1-6-16-12/h1-3,6-7,19H,4-5,8-10,15H2. The molecule has 3 N–H and O–H groups in total. The van der Waals surface area contributed by atoms with E-state index in [9.17, 15) is 5.11 Å². The molecule has 0 saturated carbocycles. The maximum atomic E-state index is 10.2. The molecule has 1 fully saturated rings. The van der Waals surface area contributed by atoms with Gasteiger partial charge in [0.2, 0.25) is 0 Å². The van der Waals surface area contributed by atoms with Crippen molar-refractivity contribution in [2.75, 3.05) is 24.5 Å². The van der Waals surface area contributed by atoms with Crippen molar-refractivity contribution in [3.63, 3.8) is 0 Å². The summed E-state index contributed by atoms with van der Waals surface area (Å²) in [6, 6.07) is 5.93. The first-order valence-corrected chi connectivity index (χ1v) is 6.59. The molecule has 0 atom stereocenters. The zero-order valence-corrected chi connectivity index (χ0v) is 10.8. The molecule has 19 heavy (non-hydrogen) atoms. The van der Waals surface area contributed by atoms with E-state index in [1.807, 2.05) is 24.4 Å². The average Bonchev–Trinajstić information content (AvgIpc) is 2.48. The van der Waals surface area contributed by atoms with Crippen LogP contribution in [-0.2, 0) is 0 Å². The number of fused-ring (bicyclic) bond motifs is 1. The first-order valence-electron chi connectivity index (χ1n) is 6.59. The van der Waals surface area contributed by atoms with Crippen molar-refractivity contribution in [1.29, 1.82) is 0 Å². The van der Waals surface area contributed by atoms with Crippen LogP contribution < -0.4 is 10.6 Å². The average molecular weight is 258 g/mol. The van der Waals surface area contributed by atoms with Crippen molar-refractivity contribution < 1.29 is 5.11 Å². The minimum Gasteiger partial charge on any atom is -0.388 e. The lowest BCUT2D eigenvalue weighted by atomic mass is 9.91. The van der Waals surface area contributed by atoms with Crippen LogP contribution in [0.15, 0.2) is 30.6 Å². The van der Waals surface area contributed by atoms with Gasteiger partial charge in [0.05, 0.1) is 5.60 Å². The van der Waals surface area contributed by atoms with Gasteiger partial charge in [-0.05, 0) is 25.0 Å². The predicted molar refractivity (Wildman–Crippen MR) is 75.0 cm³/mol. The van der Waals surface area contributed by atoms with E-state index in [0.29, 0.717) is 19.4 Å². The van der Waals surface area contributed by atoms with Crippen LogP contribution in [0.25, 0.3) is 10.9 Å². The van der Waals surface area contributed by atoms with Crippen LogP contribution in [-0.4, -0.2) is 40.3 Å². The van der Waals surface area contributed by atoms with Crippen LogP contribution in [0, 0.1) is 0 Å². The van der Waals surface area contributed by atoms with Gasteiger partial charge in [0.25, 0.3) is 0 Å². The molecule has 2 aromatic rings. The molecule has 0 radical (unpaired) electrons. The molecule has 3 heterocycles. The van der Waals surface area contributed by atoms with Crippen molar-refractivity contribution in [3.8, 4) is 0 Å². The van der Waals surface area contributed by atoms with E-state index in [-0.39, 0.29) is 0 Å². The molecule has 100 valence electrons. The fourth-order valence-electron chi connectivity index (χ4n) is 2.56. The highest BCUT2D eigenvalue weighted by Crippen LogP contribution is 2.28. The van der Waals surface area contributed by atoms with Crippen LogP contribution in [0.4, 0.5) is 5.82 Å². The van der Waals surface area contributed by atoms with E-state index < -0.39 is 5.60 Å². The maximum Gasteiger partial charge on any atom is 0.155 e. The number of hydrogen-bond donors (Lipinski definition) is 2. The van der Waals surface area contributed by atoms with Gasteiger partial charge >= 0.3 is 0 Å². The normalized spacial score (nSPS) is 18.7. The number of pyridine rings is 2. The zero-order valence-electron chi connectivity index (χ0n) is 10.8. The Hall–Kier alpha value is -1.72. The predicted octanol–water partition coefficient (Wildman–Crippen LogP) is 0.920. The number of aliphatic hydroxyl groups is 1. The number of rotatable bonds is 2. The van der Waals surface area contributed by atoms with Crippen LogP contribution in [0.3, 0.4) is 0 Å². The van der Waals surface area contributed by atoms with E-state index in [0.717, 1.165) is 29.8 Å². The number of anilines is 1. The summed E-state index contributed by atoms with van der Waals surface area (Å²) in [4.78, 5) is 11.1. The number of aromatic nitrogens is 2. The number of nitrogens with two attached hydrogens (primary N) is 1. The van der Waals surface area contributed by atoms with Gasteiger partial charge in [0.1, 0.15) is 5.52 Å². The van der Waals surface area contributed by atoms with Gasteiger partial charge in [-0.25, -0.2) is 4.98 Å². The van der Waals surface area contributed by atoms with Gasteiger partial charge in [-0.3, -0.25) is 4.98 Å². The van der Waals surface area contributed by atoms with E-state index in [2.05, 4.69) is 14.9 Å². The number of piperidine rings is 1. The van der Waals surface area contributed by atoms with Crippen LogP contribution >= 0.6 is 0 Å². The Bertz CT molecular complexity index is 573. The minimum absolute atomic E-state index is 0.321. The van der Waals surface area contributed by atoms with Crippen molar-refractivity contribution >= 4 is 16.7 Å². The quantitative estimate of drug-likeness (QED) is 0.837. The second-order valence-electron chi connectivity index (χ2n) is 5.13. The number of hydrogen-bond acceptors (Lipinski definition) is 5. The second-order valence-corrected chi connectivity index (χ2v) is 5.13. The topological polar surface area (TPSA) is 75.3 Å². The highest BCUT2D eigenvalue weighted by Gasteiger charge is 2.31. The highest BCUT2D eigenvalue weighted by atomic mass is 16.3. The Balaban J connectivity index is 1.90. The molecule has 1 aliphatic rings. The van der Waals surface area contributed by atoms with Gasteiger partial charge in [-0.1, -0.05) is 6.07 Å². The molecule has 5 heteroatoms. The first kappa shape index (κ1) is 12.3. The first-order chi connectivity index (χ1) is 9.22. The molecule has 1 aliphatic heterocycles. The summed E-state index contributed by atoms with van der Waals surface area (Å²) in [5, 5.41) is 11.3. The third-order valence-electron chi connectivity index (χ3n) is 3.88. The Morgan fingerprint density at radius 2 is 2.00 bits per heavy atom. The molecule has 0 unspecified atom stereocenters. The molecule has 1 saturated heterocycles. The van der Waals surface area contributed by atoms with E-state index in [1.165, 1.54) is 0 Å². The van der Waals surface area contributed by atoms with Gasteiger partial charge in [-0.2, -0.15) is 0 Å². The van der Waals surface area contributed by atoms with E-state index >= 15 is 0 Å². The van der Waals surface area contributed by atoms with Crippen LogP contribution in [0.1, 0.15) is 12.8 Å². The lowest BCUT2D eigenvalue weighted by Crippen LogP contribution is -2.49. The van der Waals surface area contributed by atoms with Crippen LogP contribution in [0.5, 0.6) is 0 Å². The summed E-state index contributed by atoms with van der Waals surface area (Å²) in [5.41, 5.74) is 5.82. The zero-order chi connectivity index (χ0) is 13.3. The van der Waals surface area contributed by atoms with Gasteiger partial charge in [0, 0.05) is 37.4 Å². The van der Waals surface area contributed by atoms with Gasteiger partial charge in [0.15, 0.2) is 5.82 Å². The van der Waals surface area contributed by atoms with Crippen molar-refractivity contribution in [3.05, 3.63) is 30.6 Å². The largest absolute Gasteiger partial charge is 0.388 e. The molecule has 0 amide bonds. The maximum absolute atomic E-state index is 10.2. The molecule has 5 nitrogen and oxygen atoms in total. The molecule has 0 aliphatic carbocycles. The third kappa shape index (κ3) is 2.27. The lowest BCUT2D eigenvalue weighted by Gasteiger charge is -2.38. The van der Waals surface area contributed by atoms with Crippen molar-refractivity contribution in [2.45, 2.75) is 18.4 Å². The Kier molecular flexibility index (Phi) is 3.08. The SMILES string of the molecule is NCC1(O)CCN(c2nccc3cccnc23)CC1. The molecule has 0 bridgehead atoms. The third-order valence-corrected chi connectivity index (χ3v) is 3.88. The molecule has 3 rings (SSSR count). The smallest absolute Gasteiger partial charge is 0.155 e. The van der Waals surface area contributed by atoms with Crippen LogP contribution in [0.2, 0.25) is 0 Å². The van der Waals surface area contributed by atoms with Crippen molar-refractivity contribution in [2.24, 2.45) is 5.73 Å². The molecular weight excluding hydrogens is 240 g/mol. The van der Waals surface area contributed by atoms with Crippen molar-refractivity contribution in [1.82, 2.24) is 9.97 Å². The fraction of sp³-hybridized carbons (Fsp3) is 0.429. The summed E-state index contributed by atoms with van der Waals surface area (Å²) in [7, 11) is 0. The monoisotopic (exact) mass is 258 g/mol. The Morgan fingerprint density at radius 1 is 1.21 bits per heavy atom. The molecule has 2 aromatic heterocycles. The summed E-state index contributed by atoms with van der Waals surface area (Å²) in [6.45, 7) is 1.84. The van der Waals surface area contributed by atoms with E-state index in [4.69, 9.17) is 5.73 Å². The van der Waals surface area contributed by atoms with Gasteiger partial charge < -0.3 is 15.7 Å². The summed E-state index contributed by atoms with van der Waals surface area (Å²) < 4.78 is 0. The molecular formula is C14H18N4O.